The molecule has 10 heteroatoms. The molecule has 0 unspecified atom stereocenters. The van der Waals surface area contributed by atoms with Crippen molar-refractivity contribution < 1.29 is 49.0 Å². The Kier molecular flexibility index (Phi) is 7.23. The van der Waals surface area contributed by atoms with Gasteiger partial charge in [0.05, 0.1) is 14.9 Å². The molecule has 1 aliphatic carbocycles. The van der Waals surface area contributed by atoms with Crippen LogP contribution in [0.4, 0.5) is 0 Å². The summed E-state index contributed by atoms with van der Waals surface area (Å²) in [5.41, 5.74) is 1.17. The second-order valence-electron chi connectivity index (χ2n) is 6.07. The van der Waals surface area contributed by atoms with Crippen molar-refractivity contribution in [1.29, 1.82) is 0 Å². The SMILES string of the molecule is O=C([O-])c1ccccc1-c1c2cc(Br)c(=O)c(Br)c-2oc2c(Br)c([O-])c(Br)cc12.[Na+]. The van der Waals surface area contributed by atoms with E-state index in [1.165, 1.54) is 6.07 Å². The van der Waals surface area contributed by atoms with E-state index in [1.54, 1.807) is 30.3 Å². The van der Waals surface area contributed by atoms with Gasteiger partial charge in [0, 0.05) is 26.5 Å². The number of hydrogen-bond donors (Lipinski definition) is 0. The first-order valence-corrected chi connectivity index (χ1v) is 11.1. The van der Waals surface area contributed by atoms with Crippen molar-refractivity contribution in [2.75, 3.05) is 0 Å². The van der Waals surface area contributed by atoms with Crippen molar-refractivity contribution in [2.24, 2.45) is 0 Å². The first kappa shape index (κ1) is 24.0. The maximum Gasteiger partial charge on any atom is 1.00 e. The van der Waals surface area contributed by atoms with E-state index in [0.717, 1.165) is 0 Å². The van der Waals surface area contributed by atoms with E-state index in [4.69, 9.17) is 4.42 Å². The average molecular weight is 669 g/mol. The van der Waals surface area contributed by atoms with Crippen molar-refractivity contribution in [3.05, 3.63) is 70.1 Å². The number of carboxylic acids is 1. The summed E-state index contributed by atoms with van der Waals surface area (Å²) in [5.74, 6) is -1.49. The Balaban J connectivity index is 0.00000256. The largest absolute Gasteiger partial charge is 1.00 e. The van der Waals surface area contributed by atoms with Gasteiger partial charge in [-0.25, -0.2) is 0 Å². The number of carbonyl (C=O) groups excluding carboxylic acids is 1. The van der Waals surface area contributed by atoms with Gasteiger partial charge in [-0.2, -0.15) is 0 Å². The molecule has 1 heterocycles. The molecule has 4 rings (SSSR count). The molecule has 146 valence electrons. The van der Waals surface area contributed by atoms with Crippen molar-refractivity contribution >= 4 is 80.7 Å². The Labute approximate surface area is 225 Å². The number of carbonyl (C=O) groups is 1. The molecule has 0 saturated heterocycles. The molecular weight excluding hydrogens is 663 g/mol. The van der Waals surface area contributed by atoms with Crippen LogP contribution < -0.4 is 45.2 Å². The molecule has 0 amide bonds. The van der Waals surface area contributed by atoms with Crippen LogP contribution in [0.25, 0.3) is 33.4 Å². The van der Waals surface area contributed by atoms with Gasteiger partial charge in [0.1, 0.15) is 10.1 Å². The van der Waals surface area contributed by atoms with E-state index in [1.807, 2.05) is 0 Å². The van der Waals surface area contributed by atoms with E-state index < -0.39 is 5.97 Å². The minimum atomic E-state index is -1.35. The fourth-order valence-corrected chi connectivity index (χ4v) is 5.56. The number of rotatable bonds is 2. The van der Waals surface area contributed by atoms with Gasteiger partial charge in [-0.3, -0.25) is 4.79 Å². The summed E-state index contributed by atoms with van der Waals surface area (Å²) in [6.45, 7) is 0. The molecule has 0 bridgehead atoms. The van der Waals surface area contributed by atoms with Crippen molar-refractivity contribution in [2.45, 2.75) is 0 Å². The molecule has 0 spiro atoms. The molecule has 0 N–H and O–H groups in total. The second-order valence-corrected chi connectivity index (χ2v) is 9.36. The molecule has 5 nitrogen and oxygen atoms in total. The number of hydrogen-bond acceptors (Lipinski definition) is 5. The van der Waals surface area contributed by atoms with Crippen LogP contribution in [0.3, 0.4) is 0 Å². The predicted octanol–water partition coefficient (Wildman–Crippen LogP) is 2.06. The van der Waals surface area contributed by atoms with Crippen LogP contribution in [0.15, 0.2) is 63.5 Å². The average Bonchev–Trinajstić information content (AvgIpc) is 2.69. The summed E-state index contributed by atoms with van der Waals surface area (Å²) in [6.07, 6.45) is 0. The van der Waals surface area contributed by atoms with Crippen molar-refractivity contribution in [3.8, 4) is 28.2 Å². The molecule has 1 aliphatic heterocycles. The minimum Gasteiger partial charge on any atom is -0.871 e. The van der Waals surface area contributed by atoms with Crippen LogP contribution in [0.5, 0.6) is 5.75 Å². The minimum absolute atomic E-state index is 0. The Morgan fingerprint density at radius 2 is 1.60 bits per heavy atom. The Morgan fingerprint density at radius 1 is 0.933 bits per heavy atom. The van der Waals surface area contributed by atoms with Gasteiger partial charge in [0.15, 0.2) is 5.76 Å². The number of fused-ring (bicyclic) bond motifs is 2. The zero-order chi connectivity index (χ0) is 21.0. The van der Waals surface area contributed by atoms with Crippen LogP contribution in [-0.2, 0) is 0 Å². The van der Waals surface area contributed by atoms with Crippen molar-refractivity contribution in [1.82, 2.24) is 0 Å². The fourth-order valence-electron chi connectivity index (χ4n) is 3.16. The van der Waals surface area contributed by atoms with Gasteiger partial charge >= 0.3 is 29.6 Å². The molecule has 0 aromatic heterocycles. The molecule has 2 aromatic rings. The van der Waals surface area contributed by atoms with Crippen LogP contribution in [0.2, 0.25) is 0 Å². The first-order chi connectivity index (χ1) is 13.7. The Hall–Kier alpha value is -0.680. The summed E-state index contributed by atoms with van der Waals surface area (Å²) >= 11 is 13.0. The topological polar surface area (TPSA) is 93.4 Å². The maximum absolute atomic E-state index is 12.4. The summed E-state index contributed by atoms with van der Waals surface area (Å²) in [7, 11) is 0. The quantitative estimate of drug-likeness (QED) is 0.241. The Morgan fingerprint density at radius 3 is 2.27 bits per heavy atom. The van der Waals surface area contributed by atoms with Crippen molar-refractivity contribution in [3.63, 3.8) is 0 Å². The summed E-state index contributed by atoms with van der Waals surface area (Å²) in [6, 6.07) is 9.50. The normalized spacial score (nSPS) is 10.9. The van der Waals surface area contributed by atoms with E-state index in [0.29, 0.717) is 22.1 Å². The van der Waals surface area contributed by atoms with E-state index in [2.05, 4.69) is 63.7 Å². The number of aromatic carboxylic acids is 1. The van der Waals surface area contributed by atoms with E-state index in [9.17, 15) is 19.8 Å². The van der Waals surface area contributed by atoms with Gasteiger partial charge in [0.25, 0.3) is 0 Å². The molecule has 0 atom stereocenters. The molecule has 0 saturated carbocycles. The standard InChI is InChI=1S/C20H8Br4O5.Na/c21-11-5-9-13(7-3-1-2-4-8(7)20(27)28)10-6-12(22)17(26)15(24)19(10)29-18(9)14(23)16(11)25;/h1-6,25H,(H,27,28);/q;+1/p-2. The maximum atomic E-state index is 12.4. The van der Waals surface area contributed by atoms with Gasteiger partial charge in [-0.1, -0.05) is 45.9 Å². The summed E-state index contributed by atoms with van der Waals surface area (Å²) < 4.78 is 6.80. The van der Waals surface area contributed by atoms with Gasteiger partial charge < -0.3 is 19.4 Å². The number of carboxylic acid groups (broad SMARTS) is 1. The van der Waals surface area contributed by atoms with Crippen LogP contribution in [0.1, 0.15) is 10.4 Å². The predicted molar refractivity (Wildman–Crippen MR) is 119 cm³/mol. The zero-order valence-electron chi connectivity index (χ0n) is 15.0. The first-order valence-electron chi connectivity index (χ1n) is 7.96. The van der Waals surface area contributed by atoms with Gasteiger partial charge in [-0.15, -0.1) is 0 Å². The third kappa shape index (κ3) is 3.83. The second kappa shape index (κ2) is 9.05. The van der Waals surface area contributed by atoms with E-state index >= 15 is 0 Å². The third-order valence-electron chi connectivity index (χ3n) is 4.42. The third-order valence-corrected chi connectivity index (χ3v) is 7.04. The fraction of sp³-hybridized carbons (Fsp3) is 0. The van der Waals surface area contributed by atoms with Crippen LogP contribution >= 0.6 is 63.7 Å². The number of halogens is 4. The smallest absolute Gasteiger partial charge is 0.871 e. The summed E-state index contributed by atoms with van der Waals surface area (Å²) in [4.78, 5) is 24.2. The van der Waals surface area contributed by atoms with E-state index in [-0.39, 0.29) is 75.5 Å². The van der Waals surface area contributed by atoms with Crippen LogP contribution in [0, 0.1) is 0 Å². The molecule has 30 heavy (non-hydrogen) atoms. The molecule has 2 aromatic carbocycles. The monoisotopic (exact) mass is 665 g/mol. The number of benzene rings is 3. The molecule has 2 aliphatic rings. The molecule has 0 radical (unpaired) electrons. The molecular formula is C20H6Br4NaO5-. The Bertz CT molecular complexity index is 1370. The summed E-state index contributed by atoms with van der Waals surface area (Å²) in [5, 5.41) is 24.7. The zero-order valence-corrected chi connectivity index (χ0v) is 23.4. The van der Waals surface area contributed by atoms with Gasteiger partial charge in [0.2, 0.25) is 5.43 Å². The molecule has 0 fully saturated rings. The van der Waals surface area contributed by atoms with Crippen LogP contribution in [-0.4, -0.2) is 5.97 Å². The van der Waals surface area contributed by atoms with Gasteiger partial charge in [-0.05, 0) is 65.5 Å².